The van der Waals surface area contributed by atoms with Crippen molar-refractivity contribution >= 4 is 11.3 Å². The van der Waals surface area contributed by atoms with Crippen molar-refractivity contribution in [3.8, 4) is 11.4 Å². The Morgan fingerprint density at radius 3 is 2.83 bits per heavy atom. The summed E-state index contributed by atoms with van der Waals surface area (Å²) in [5.74, 6) is 0.302. The van der Waals surface area contributed by atoms with E-state index >= 15 is 0 Å². The number of hydrogen-bond donors (Lipinski definition) is 1. The van der Waals surface area contributed by atoms with E-state index in [1.54, 1.807) is 17.4 Å². The summed E-state index contributed by atoms with van der Waals surface area (Å²) >= 11 is 1.59. The second-order valence-electron chi connectivity index (χ2n) is 4.51. The molecule has 0 saturated carbocycles. The molecule has 0 aliphatic rings. The van der Waals surface area contributed by atoms with Crippen LogP contribution in [0.3, 0.4) is 0 Å². The van der Waals surface area contributed by atoms with Crippen molar-refractivity contribution in [1.29, 1.82) is 0 Å². The van der Waals surface area contributed by atoms with Gasteiger partial charge in [0.15, 0.2) is 0 Å². The van der Waals surface area contributed by atoms with Crippen molar-refractivity contribution in [2.75, 3.05) is 6.54 Å². The molecule has 18 heavy (non-hydrogen) atoms. The SMILES string of the molecule is CC(C)CNCc1nc(-c2ccc(F)cn2)cs1. The molecular formula is C13H16FN3S. The first-order valence-electron chi connectivity index (χ1n) is 5.92. The molecule has 0 aliphatic carbocycles. The first kappa shape index (κ1) is 13.1. The molecule has 2 aromatic rings. The quantitative estimate of drug-likeness (QED) is 0.902. The zero-order chi connectivity index (χ0) is 13.0. The van der Waals surface area contributed by atoms with Crippen LogP contribution < -0.4 is 5.32 Å². The molecule has 0 radical (unpaired) electrons. The second-order valence-corrected chi connectivity index (χ2v) is 5.46. The van der Waals surface area contributed by atoms with Gasteiger partial charge in [-0.1, -0.05) is 13.8 Å². The third kappa shape index (κ3) is 3.58. The average Bonchev–Trinajstić information content (AvgIpc) is 2.78. The average molecular weight is 265 g/mol. The highest BCUT2D eigenvalue weighted by Crippen LogP contribution is 2.19. The van der Waals surface area contributed by atoms with Gasteiger partial charge in [-0.05, 0) is 24.6 Å². The topological polar surface area (TPSA) is 37.8 Å². The van der Waals surface area contributed by atoms with Gasteiger partial charge in [0.25, 0.3) is 0 Å². The van der Waals surface area contributed by atoms with E-state index in [2.05, 4.69) is 29.1 Å². The monoisotopic (exact) mass is 265 g/mol. The second kappa shape index (κ2) is 6.02. The Kier molecular flexibility index (Phi) is 4.38. The molecular weight excluding hydrogens is 249 g/mol. The largest absolute Gasteiger partial charge is 0.310 e. The molecule has 0 amide bonds. The number of aromatic nitrogens is 2. The van der Waals surface area contributed by atoms with Gasteiger partial charge < -0.3 is 5.32 Å². The maximum atomic E-state index is 12.8. The standard InChI is InChI=1S/C13H16FN3S/c1-9(2)5-15-7-13-17-12(8-18-13)11-4-3-10(14)6-16-11/h3-4,6,8-9,15H,5,7H2,1-2H3. The molecule has 5 heteroatoms. The van der Waals surface area contributed by atoms with E-state index in [4.69, 9.17) is 0 Å². The molecule has 0 bridgehead atoms. The smallest absolute Gasteiger partial charge is 0.141 e. The molecule has 0 atom stereocenters. The van der Waals surface area contributed by atoms with Crippen LogP contribution in [0.15, 0.2) is 23.7 Å². The zero-order valence-electron chi connectivity index (χ0n) is 10.5. The third-order valence-corrected chi connectivity index (χ3v) is 3.22. The number of nitrogens with one attached hydrogen (secondary N) is 1. The van der Waals surface area contributed by atoms with E-state index in [9.17, 15) is 4.39 Å². The molecule has 0 unspecified atom stereocenters. The van der Waals surface area contributed by atoms with E-state index in [0.717, 1.165) is 23.8 Å². The van der Waals surface area contributed by atoms with Gasteiger partial charge in [-0.15, -0.1) is 11.3 Å². The van der Waals surface area contributed by atoms with E-state index in [0.29, 0.717) is 11.6 Å². The normalized spacial score (nSPS) is 11.1. The van der Waals surface area contributed by atoms with Gasteiger partial charge in [0.2, 0.25) is 0 Å². The Hall–Kier alpha value is -1.33. The summed E-state index contributed by atoms with van der Waals surface area (Å²) in [5.41, 5.74) is 1.52. The Balaban J connectivity index is 1.99. The van der Waals surface area contributed by atoms with Gasteiger partial charge in [0.05, 0.1) is 17.6 Å². The molecule has 0 aliphatic heterocycles. The minimum absolute atomic E-state index is 0.326. The van der Waals surface area contributed by atoms with Crippen LogP contribution >= 0.6 is 11.3 Å². The van der Waals surface area contributed by atoms with Crippen LogP contribution in [0.1, 0.15) is 18.9 Å². The van der Waals surface area contributed by atoms with Gasteiger partial charge in [0.1, 0.15) is 10.8 Å². The Morgan fingerprint density at radius 2 is 2.17 bits per heavy atom. The molecule has 0 fully saturated rings. The predicted molar refractivity (Wildman–Crippen MR) is 71.8 cm³/mol. The zero-order valence-corrected chi connectivity index (χ0v) is 11.3. The fourth-order valence-electron chi connectivity index (χ4n) is 1.50. The highest BCUT2D eigenvalue weighted by molar-refractivity contribution is 7.09. The van der Waals surface area contributed by atoms with E-state index in [-0.39, 0.29) is 5.82 Å². The van der Waals surface area contributed by atoms with Crippen LogP contribution in [0.5, 0.6) is 0 Å². The summed E-state index contributed by atoms with van der Waals surface area (Å²) in [4.78, 5) is 8.50. The van der Waals surface area contributed by atoms with Crippen molar-refractivity contribution in [2.24, 2.45) is 5.92 Å². The lowest BCUT2D eigenvalue weighted by molar-refractivity contribution is 0.551. The molecule has 1 N–H and O–H groups in total. The number of pyridine rings is 1. The van der Waals surface area contributed by atoms with Crippen molar-refractivity contribution in [1.82, 2.24) is 15.3 Å². The van der Waals surface area contributed by atoms with Crippen molar-refractivity contribution in [3.05, 3.63) is 34.5 Å². The minimum Gasteiger partial charge on any atom is -0.310 e. The van der Waals surface area contributed by atoms with Gasteiger partial charge >= 0.3 is 0 Å². The maximum Gasteiger partial charge on any atom is 0.141 e. The number of halogens is 1. The summed E-state index contributed by atoms with van der Waals surface area (Å²) in [6.07, 6.45) is 1.21. The van der Waals surface area contributed by atoms with Gasteiger partial charge in [-0.2, -0.15) is 0 Å². The number of nitrogens with zero attached hydrogens (tertiary/aromatic N) is 2. The van der Waals surface area contributed by atoms with E-state index in [1.165, 1.54) is 12.3 Å². The molecule has 2 heterocycles. The Bertz CT molecular complexity index is 493. The Labute approximate surface area is 110 Å². The first-order valence-corrected chi connectivity index (χ1v) is 6.80. The highest BCUT2D eigenvalue weighted by Gasteiger charge is 2.06. The third-order valence-electron chi connectivity index (χ3n) is 2.37. The minimum atomic E-state index is -0.326. The van der Waals surface area contributed by atoms with Crippen LogP contribution in [0.2, 0.25) is 0 Å². The van der Waals surface area contributed by atoms with Crippen molar-refractivity contribution in [2.45, 2.75) is 20.4 Å². The summed E-state index contributed by atoms with van der Waals surface area (Å²) in [6.45, 7) is 6.08. The van der Waals surface area contributed by atoms with Gasteiger partial charge in [-0.25, -0.2) is 9.37 Å². The predicted octanol–water partition coefficient (Wildman–Crippen LogP) is 3.09. The van der Waals surface area contributed by atoms with Gasteiger partial charge in [0, 0.05) is 11.9 Å². The molecule has 0 spiro atoms. The fraction of sp³-hybridized carbons (Fsp3) is 0.385. The number of hydrogen-bond acceptors (Lipinski definition) is 4. The van der Waals surface area contributed by atoms with Gasteiger partial charge in [-0.3, -0.25) is 4.98 Å². The molecule has 96 valence electrons. The molecule has 0 saturated heterocycles. The molecule has 2 rings (SSSR count). The van der Waals surface area contributed by atoms with E-state index < -0.39 is 0 Å². The van der Waals surface area contributed by atoms with Crippen LogP contribution in [0, 0.1) is 11.7 Å². The maximum absolute atomic E-state index is 12.8. The highest BCUT2D eigenvalue weighted by atomic mass is 32.1. The van der Waals surface area contributed by atoms with Crippen LogP contribution in [-0.2, 0) is 6.54 Å². The summed E-state index contributed by atoms with van der Waals surface area (Å²) < 4.78 is 12.8. The Morgan fingerprint density at radius 1 is 1.33 bits per heavy atom. The molecule has 2 aromatic heterocycles. The summed E-state index contributed by atoms with van der Waals surface area (Å²) in [5, 5.41) is 6.32. The van der Waals surface area contributed by atoms with Crippen molar-refractivity contribution in [3.63, 3.8) is 0 Å². The molecule has 3 nitrogen and oxygen atoms in total. The number of rotatable bonds is 5. The first-order chi connectivity index (χ1) is 8.65. The molecule has 0 aromatic carbocycles. The van der Waals surface area contributed by atoms with Crippen LogP contribution in [0.25, 0.3) is 11.4 Å². The lowest BCUT2D eigenvalue weighted by Crippen LogP contribution is -2.18. The fourth-order valence-corrected chi connectivity index (χ4v) is 2.26. The van der Waals surface area contributed by atoms with E-state index in [1.807, 2.05) is 5.38 Å². The summed E-state index contributed by atoms with van der Waals surface area (Å²) in [7, 11) is 0. The number of thiazole rings is 1. The lowest BCUT2D eigenvalue weighted by atomic mass is 10.2. The lowest BCUT2D eigenvalue weighted by Gasteiger charge is -2.04. The summed E-state index contributed by atoms with van der Waals surface area (Å²) in [6, 6.07) is 3.05. The van der Waals surface area contributed by atoms with Crippen molar-refractivity contribution < 1.29 is 4.39 Å². The van der Waals surface area contributed by atoms with Crippen LogP contribution in [-0.4, -0.2) is 16.5 Å². The van der Waals surface area contributed by atoms with Crippen LogP contribution in [0.4, 0.5) is 4.39 Å².